The Hall–Kier alpha value is -2.82. The predicted molar refractivity (Wildman–Crippen MR) is 82.3 cm³/mol. The molecule has 0 aliphatic rings. The maximum absolute atomic E-state index is 12.3. The fourth-order valence-corrected chi connectivity index (χ4v) is 2.14. The van der Waals surface area contributed by atoms with E-state index in [1.54, 1.807) is 18.2 Å². The Morgan fingerprint density at radius 2 is 1.82 bits per heavy atom. The van der Waals surface area contributed by atoms with Gasteiger partial charge < -0.3 is 15.2 Å². The zero-order valence-electron chi connectivity index (χ0n) is 12.4. The summed E-state index contributed by atoms with van der Waals surface area (Å²) in [5.41, 5.74) is 2.38. The number of benzene rings is 2. The Morgan fingerprint density at radius 1 is 1.14 bits per heavy atom. The van der Waals surface area contributed by atoms with Crippen LogP contribution >= 0.6 is 0 Å². The van der Waals surface area contributed by atoms with E-state index in [4.69, 9.17) is 9.84 Å². The smallest absolute Gasteiger partial charge is 0.335 e. The molecular weight excluding hydrogens is 282 g/mol. The normalized spacial score (nSPS) is 10.1. The second kappa shape index (κ2) is 6.76. The Kier molecular flexibility index (Phi) is 4.78. The molecule has 0 spiro atoms. The molecule has 0 radical (unpaired) electrons. The van der Waals surface area contributed by atoms with E-state index in [1.807, 2.05) is 19.1 Å². The van der Waals surface area contributed by atoms with Crippen LogP contribution in [0.1, 0.15) is 31.8 Å². The van der Waals surface area contributed by atoms with Gasteiger partial charge in [-0.25, -0.2) is 4.79 Å². The van der Waals surface area contributed by atoms with Crippen molar-refractivity contribution in [1.29, 1.82) is 0 Å². The molecule has 0 saturated heterocycles. The van der Waals surface area contributed by atoms with Crippen molar-refractivity contribution >= 4 is 11.9 Å². The van der Waals surface area contributed by atoms with Crippen LogP contribution in [0.5, 0.6) is 5.75 Å². The molecule has 0 aliphatic heterocycles. The van der Waals surface area contributed by atoms with Crippen LogP contribution in [-0.2, 0) is 6.54 Å². The first-order valence-corrected chi connectivity index (χ1v) is 6.77. The molecule has 0 fully saturated rings. The number of hydrogen-bond acceptors (Lipinski definition) is 3. The number of carboxylic acid groups (broad SMARTS) is 1. The number of hydrogen-bond donors (Lipinski definition) is 2. The lowest BCUT2D eigenvalue weighted by atomic mass is 10.1. The third kappa shape index (κ3) is 3.44. The molecule has 2 rings (SSSR count). The first kappa shape index (κ1) is 15.6. The van der Waals surface area contributed by atoms with Crippen molar-refractivity contribution in [3.63, 3.8) is 0 Å². The number of nitrogens with one attached hydrogen (secondary N) is 1. The molecule has 2 aromatic carbocycles. The third-order valence-electron chi connectivity index (χ3n) is 3.34. The lowest BCUT2D eigenvalue weighted by Crippen LogP contribution is -2.24. The Morgan fingerprint density at radius 3 is 2.41 bits per heavy atom. The van der Waals surface area contributed by atoms with Gasteiger partial charge in [-0.1, -0.05) is 24.3 Å². The molecule has 114 valence electrons. The van der Waals surface area contributed by atoms with Crippen molar-refractivity contribution in [3.05, 3.63) is 64.7 Å². The van der Waals surface area contributed by atoms with Crippen LogP contribution in [0, 0.1) is 6.92 Å². The monoisotopic (exact) mass is 299 g/mol. The van der Waals surface area contributed by atoms with E-state index in [2.05, 4.69) is 5.32 Å². The van der Waals surface area contributed by atoms with Crippen molar-refractivity contribution in [2.75, 3.05) is 7.11 Å². The summed E-state index contributed by atoms with van der Waals surface area (Å²) in [6.45, 7) is 2.16. The van der Waals surface area contributed by atoms with Gasteiger partial charge in [0.25, 0.3) is 5.91 Å². The summed E-state index contributed by atoms with van der Waals surface area (Å²) >= 11 is 0. The molecule has 2 aromatic rings. The zero-order chi connectivity index (χ0) is 16.1. The van der Waals surface area contributed by atoms with Crippen molar-refractivity contribution in [2.24, 2.45) is 0 Å². The van der Waals surface area contributed by atoms with Crippen molar-refractivity contribution in [2.45, 2.75) is 13.5 Å². The molecule has 22 heavy (non-hydrogen) atoms. The number of rotatable bonds is 5. The molecule has 1 amide bonds. The van der Waals surface area contributed by atoms with Crippen LogP contribution in [0.3, 0.4) is 0 Å². The minimum Gasteiger partial charge on any atom is -0.496 e. The Labute approximate surface area is 128 Å². The summed E-state index contributed by atoms with van der Waals surface area (Å²) in [6.07, 6.45) is 0. The van der Waals surface area contributed by atoms with Crippen molar-refractivity contribution < 1.29 is 19.4 Å². The zero-order valence-corrected chi connectivity index (χ0v) is 12.4. The lowest BCUT2D eigenvalue weighted by molar-refractivity contribution is 0.0696. The van der Waals surface area contributed by atoms with Gasteiger partial charge in [-0.15, -0.1) is 0 Å². The highest BCUT2D eigenvalue weighted by atomic mass is 16.5. The standard InChI is InChI=1S/C17H17NO4/c1-11-4-3-5-14(22-2)15(11)16(19)18-10-12-6-8-13(9-7-12)17(20)21/h3-9H,10H2,1-2H3,(H,18,19)(H,20,21). The maximum Gasteiger partial charge on any atom is 0.335 e. The summed E-state index contributed by atoms with van der Waals surface area (Å²) in [5, 5.41) is 11.7. The largest absolute Gasteiger partial charge is 0.496 e. The fraction of sp³-hybridized carbons (Fsp3) is 0.176. The van der Waals surface area contributed by atoms with Crippen LogP contribution in [0.4, 0.5) is 0 Å². The van der Waals surface area contributed by atoms with Gasteiger partial charge in [0.2, 0.25) is 0 Å². The highest BCUT2D eigenvalue weighted by molar-refractivity contribution is 5.98. The van der Waals surface area contributed by atoms with E-state index >= 15 is 0 Å². The number of ether oxygens (including phenoxy) is 1. The molecule has 0 atom stereocenters. The van der Waals surface area contributed by atoms with E-state index in [1.165, 1.54) is 19.2 Å². The lowest BCUT2D eigenvalue weighted by Gasteiger charge is -2.12. The van der Waals surface area contributed by atoms with Crippen LogP contribution in [0.2, 0.25) is 0 Å². The highest BCUT2D eigenvalue weighted by Crippen LogP contribution is 2.21. The van der Waals surface area contributed by atoms with Gasteiger partial charge in [0.05, 0.1) is 18.2 Å². The summed E-state index contributed by atoms with van der Waals surface area (Å²) < 4.78 is 5.22. The summed E-state index contributed by atoms with van der Waals surface area (Å²) in [7, 11) is 1.52. The molecule has 0 unspecified atom stereocenters. The maximum atomic E-state index is 12.3. The topological polar surface area (TPSA) is 75.6 Å². The van der Waals surface area contributed by atoms with E-state index in [9.17, 15) is 9.59 Å². The molecule has 5 heteroatoms. The second-order valence-electron chi connectivity index (χ2n) is 4.84. The van der Waals surface area contributed by atoms with Crippen molar-refractivity contribution in [1.82, 2.24) is 5.32 Å². The first-order chi connectivity index (χ1) is 10.5. The van der Waals surface area contributed by atoms with Crippen LogP contribution in [0.15, 0.2) is 42.5 Å². The molecule has 5 nitrogen and oxygen atoms in total. The van der Waals surface area contributed by atoms with Crippen LogP contribution in [0.25, 0.3) is 0 Å². The van der Waals surface area contributed by atoms with E-state index in [0.717, 1.165) is 11.1 Å². The molecule has 2 N–H and O–H groups in total. The molecule has 0 aromatic heterocycles. The minimum atomic E-state index is -0.972. The number of methoxy groups -OCH3 is 1. The van der Waals surface area contributed by atoms with Crippen LogP contribution < -0.4 is 10.1 Å². The summed E-state index contributed by atoms with van der Waals surface area (Å²) in [4.78, 5) is 23.1. The van der Waals surface area contributed by atoms with Gasteiger partial charge in [0.1, 0.15) is 5.75 Å². The van der Waals surface area contributed by atoms with Gasteiger partial charge in [-0.2, -0.15) is 0 Å². The Balaban J connectivity index is 2.08. The van der Waals surface area contributed by atoms with E-state index in [0.29, 0.717) is 17.9 Å². The van der Waals surface area contributed by atoms with Gasteiger partial charge in [0.15, 0.2) is 0 Å². The van der Waals surface area contributed by atoms with E-state index < -0.39 is 5.97 Å². The number of carbonyl (C=O) groups is 2. The minimum absolute atomic E-state index is 0.218. The Bertz CT molecular complexity index is 692. The number of amides is 1. The number of carboxylic acids is 1. The average Bonchev–Trinajstić information content (AvgIpc) is 2.52. The molecule has 0 bridgehead atoms. The van der Waals surface area contributed by atoms with Crippen molar-refractivity contribution in [3.8, 4) is 5.75 Å². The molecule has 0 saturated carbocycles. The highest BCUT2D eigenvalue weighted by Gasteiger charge is 2.14. The summed E-state index contributed by atoms with van der Waals surface area (Å²) in [6, 6.07) is 11.8. The number of aromatic carboxylic acids is 1. The first-order valence-electron chi connectivity index (χ1n) is 6.77. The van der Waals surface area contributed by atoms with Gasteiger partial charge in [0, 0.05) is 6.54 Å². The number of aryl methyl sites for hydroxylation is 1. The third-order valence-corrected chi connectivity index (χ3v) is 3.34. The van der Waals surface area contributed by atoms with Gasteiger partial charge >= 0.3 is 5.97 Å². The van der Waals surface area contributed by atoms with Gasteiger partial charge in [-0.3, -0.25) is 4.79 Å². The molecule has 0 aliphatic carbocycles. The predicted octanol–water partition coefficient (Wildman–Crippen LogP) is 2.63. The number of carbonyl (C=O) groups excluding carboxylic acids is 1. The molecular formula is C17H17NO4. The van der Waals surface area contributed by atoms with E-state index in [-0.39, 0.29) is 11.5 Å². The fourth-order valence-electron chi connectivity index (χ4n) is 2.14. The SMILES string of the molecule is COc1cccc(C)c1C(=O)NCc1ccc(C(=O)O)cc1. The quantitative estimate of drug-likeness (QED) is 0.890. The molecule has 0 heterocycles. The summed E-state index contributed by atoms with van der Waals surface area (Å²) in [5.74, 6) is -0.670. The van der Waals surface area contributed by atoms with Gasteiger partial charge in [-0.05, 0) is 36.2 Å². The van der Waals surface area contributed by atoms with Crippen LogP contribution in [-0.4, -0.2) is 24.1 Å². The average molecular weight is 299 g/mol. The second-order valence-corrected chi connectivity index (χ2v) is 4.84.